The fourth-order valence-corrected chi connectivity index (χ4v) is 3.90. The highest BCUT2D eigenvalue weighted by Crippen LogP contribution is 2.44. The average molecular weight is 206 g/mol. The molecule has 0 aliphatic carbocycles. The Labute approximate surface area is 78.2 Å². The SMILES string of the molecule is NC(=O)C1(C(N)=O)CCCSS1. The highest BCUT2D eigenvalue weighted by Gasteiger charge is 2.45. The molecule has 2 amide bonds. The van der Waals surface area contributed by atoms with Crippen LogP contribution in [0.4, 0.5) is 0 Å². The molecule has 1 fully saturated rings. The van der Waals surface area contributed by atoms with E-state index >= 15 is 0 Å². The lowest BCUT2D eigenvalue weighted by Gasteiger charge is -2.29. The number of primary amides is 2. The van der Waals surface area contributed by atoms with Gasteiger partial charge < -0.3 is 11.5 Å². The van der Waals surface area contributed by atoms with Crippen molar-refractivity contribution in [3.05, 3.63) is 0 Å². The molecule has 0 aromatic carbocycles. The second kappa shape index (κ2) is 3.57. The van der Waals surface area contributed by atoms with Crippen LogP contribution < -0.4 is 11.5 Å². The van der Waals surface area contributed by atoms with Gasteiger partial charge in [0.15, 0.2) is 4.75 Å². The monoisotopic (exact) mass is 206 g/mol. The minimum atomic E-state index is -1.16. The minimum absolute atomic E-state index is 0.468. The highest BCUT2D eigenvalue weighted by molar-refractivity contribution is 8.77. The third kappa shape index (κ3) is 1.54. The number of carbonyl (C=O) groups is 2. The molecular formula is C6H10N2O2S2. The number of hydrogen-bond donors (Lipinski definition) is 2. The van der Waals surface area contributed by atoms with Crippen molar-refractivity contribution in [1.29, 1.82) is 0 Å². The summed E-state index contributed by atoms with van der Waals surface area (Å²) in [5.74, 6) is -0.299. The van der Waals surface area contributed by atoms with E-state index in [1.165, 1.54) is 21.6 Å². The highest BCUT2D eigenvalue weighted by atomic mass is 33.1. The Bertz CT molecular complexity index is 198. The molecule has 1 heterocycles. The quantitative estimate of drug-likeness (QED) is 0.487. The first-order valence-electron chi connectivity index (χ1n) is 3.50. The van der Waals surface area contributed by atoms with Crippen molar-refractivity contribution in [2.75, 3.05) is 5.75 Å². The second-order valence-corrected chi connectivity index (χ2v) is 5.28. The molecule has 4 N–H and O–H groups in total. The third-order valence-electron chi connectivity index (χ3n) is 1.75. The maximum atomic E-state index is 11.0. The number of hydrogen-bond acceptors (Lipinski definition) is 4. The summed E-state index contributed by atoms with van der Waals surface area (Å²) in [6.07, 6.45) is 1.28. The average Bonchev–Trinajstić information content (AvgIpc) is 2.05. The molecule has 1 aliphatic rings. The molecule has 1 rings (SSSR count). The fraction of sp³-hybridized carbons (Fsp3) is 0.667. The van der Waals surface area contributed by atoms with Crippen molar-refractivity contribution in [1.82, 2.24) is 0 Å². The van der Waals surface area contributed by atoms with E-state index in [1.807, 2.05) is 0 Å². The zero-order valence-electron chi connectivity index (χ0n) is 6.41. The Balaban J connectivity index is 2.84. The van der Waals surface area contributed by atoms with Crippen molar-refractivity contribution in [3.63, 3.8) is 0 Å². The molecule has 0 atom stereocenters. The maximum Gasteiger partial charge on any atom is 0.244 e. The van der Waals surface area contributed by atoms with E-state index in [0.29, 0.717) is 6.42 Å². The van der Waals surface area contributed by atoms with Gasteiger partial charge in [0.1, 0.15) is 0 Å². The van der Waals surface area contributed by atoms with Crippen LogP contribution in [0.25, 0.3) is 0 Å². The summed E-state index contributed by atoms with van der Waals surface area (Å²) in [6.45, 7) is 0. The Morgan fingerprint density at radius 2 is 1.83 bits per heavy atom. The van der Waals surface area contributed by atoms with E-state index in [2.05, 4.69) is 0 Å². The van der Waals surface area contributed by atoms with Crippen LogP contribution >= 0.6 is 21.6 Å². The van der Waals surface area contributed by atoms with Crippen LogP contribution in [0.3, 0.4) is 0 Å². The Hall–Kier alpha value is -0.360. The summed E-state index contributed by atoms with van der Waals surface area (Å²) in [4.78, 5) is 22.0. The summed E-state index contributed by atoms with van der Waals surface area (Å²) in [6, 6.07) is 0. The Morgan fingerprint density at radius 1 is 1.25 bits per heavy atom. The first-order chi connectivity index (χ1) is 5.59. The lowest BCUT2D eigenvalue weighted by Crippen LogP contribution is -2.51. The molecule has 6 heteroatoms. The van der Waals surface area contributed by atoms with Crippen LogP contribution in [0.1, 0.15) is 12.8 Å². The van der Waals surface area contributed by atoms with Crippen molar-refractivity contribution < 1.29 is 9.59 Å². The summed E-state index contributed by atoms with van der Waals surface area (Å²) < 4.78 is -1.16. The van der Waals surface area contributed by atoms with Crippen LogP contribution in [0.5, 0.6) is 0 Å². The van der Waals surface area contributed by atoms with E-state index in [4.69, 9.17) is 11.5 Å². The van der Waals surface area contributed by atoms with Crippen molar-refractivity contribution >= 4 is 33.4 Å². The van der Waals surface area contributed by atoms with Crippen LogP contribution in [0, 0.1) is 0 Å². The second-order valence-electron chi connectivity index (χ2n) is 2.56. The summed E-state index contributed by atoms with van der Waals surface area (Å²) in [5, 5.41) is 0. The largest absolute Gasteiger partial charge is 0.368 e. The molecule has 1 saturated heterocycles. The van der Waals surface area contributed by atoms with Gasteiger partial charge in [-0.1, -0.05) is 21.6 Å². The van der Waals surface area contributed by atoms with Gasteiger partial charge >= 0.3 is 0 Å². The van der Waals surface area contributed by atoms with Crippen LogP contribution in [-0.4, -0.2) is 22.3 Å². The minimum Gasteiger partial charge on any atom is -0.368 e. The topological polar surface area (TPSA) is 86.2 Å². The number of carbonyl (C=O) groups excluding carboxylic acids is 2. The van der Waals surface area contributed by atoms with Gasteiger partial charge in [-0.15, -0.1) is 0 Å². The molecule has 0 aromatic rings. The van der Waals surface area contributed by atoms with Gasteiger partial charge in [-0.2, -0.15) is 0 Å². The molecule has 0 aromatic heterocycles. The summed E-state index contributed by atoms with van der Waals surface area (Å²) in [5.41, 5.74) is 10.3. The first-order valence-corrected chi connectivity index (χ1v) is 5.82. The third-order valence-corrected chi connectivity index (χ3v) is 4.93. The number of rotatable bonds is 2. The van der Waals surface area contributed by atoms with Crippen molar-refractivity contribution in [3.8, 4) is 0 Å². The maximum absolute atomic E-state index is 11.0. The molecule has 68 valence electrons. The van der Waals surface area contributed by atoms with Crippen LogP contribution in [0.15, 0.2) is 0 Å². The normalized spacial score (nSPS) is 21.7. The van der Waals surface area contributed by atoms with E-state index < -0.39 is 16.6 Å². The molecule has 0 unspecified atom stereocenters. The fourth-order valence-electron chi connectivity index (χ4n) is 1.01. The van der Waals surface area contributed by atoms with E-state index in [1.54, 1.807) is 0 Å². The molecule has 1 aliphatic heterocycles. The van der Waals surface area contributed by atoms with E-state index in [0.717, 1.165) is 12.2 Å². The van der Waals surface area contributed by atoms with Gasteiger partial charge in [-0.05, 0) is 12.8 Å². The molecule has 0 saturated carbocycles. The van der Waals surface area contributed by atoms with Crippen molar-refractivity contribution in [2.45, 2.75) is 17.6 Å². The van der Waals surface area contributed by atoms with Gasteiger partial charge in [0.2, 0.25) is 11.8 Å². The van der Waals surface area contributed by atoms with Gasteiger partial charge in [-0.25, -0.2) is 0 Å². The first kappa shape index (κ1) is 9.73. The molecule has 0 spiro atoms. The van der Waals surface area contributed by atoms with Crippen molar-refractivity contribution in [2.24, 2.45) is 11.5 Å². The zero-order valence-corrected chi connectivity index (χ0v) is 8.04. The smallest absolute Gasteiger partial charge is 0.244 e. The molecule has 4 nitrogen and oxygen atoms in total. The number of nitrogens with two attached hydrogens (primary N) is 2. The summed E-state index contributed by atoms with van der Waals surface area (Å²) in [7, 11) is 2.67. The van der Waals surface area contributed by atoms with Crippen LogP contribution in [-0.2, 0) is 9.59 Å². The van der Waals surface area contributed by atoms with Gasteiger partial charge in [0, 0.05) is 5.75 Å². The predicted octanol–water partition coefficient (Wildman–Crippen LogP) is -0.129. The predicted molar refractivity (Wildman–Crippen MR) is 50.4 cm³/mol. The number of amides is 2. The molecule has 0 bridgehead atoms. The Morgan fingerprint density at radius 3 is 2.08 bits per heavy atom. The van der Waals surface area contributed by atoms with E-state index in [9.17, 15) is 9.59 Å². The van der Waals surface area contributed by atoms with Gasteiger partial charge in [0.05, 0.1) is 0 Å². The summed E-state index contributed by atoms with van der Waals surface area (Å²) >= 11 is 0. The lowest BCUT2D eigenvalue weighted by molar-refractivity contribution is -0.129. The molecular weight excluding hydrogens is 196 g/mol. The van der Waals surface area contributed by atoms with Crippen LogP contribution in [0.2, 0.25) is 0 Å². The zero-order chi connectivity index (χ0) is 9.19. The molecule has 12 heavy (non-hydrogen) atoms. The van der Waals surface area contributed by atoms with Gasteiger partial charge in [0.25, 0.3) is 0 Å². The standard InChI is InChI=1S/C6H10N2O2S2/c7-4(9)6(5(8)10)2-1-3-11-12-6/h1-3H2,(H2,7,9)(H2,8,10). The molecule has 0 radical (unpaired) electrons. The van der Waals surface area contributed by atoms with Gasteiger partial charge in [-0.3, -0.25) is 9.59 Å². The lowest BCUT2D eigenvalue weighted by atomic mass is 10.0. The Kier molecular flexibility index (Phi) is 2.89. The van der Waals surface area contributed by atoms with E-state index in [-0.39, 0.29) is 0 Å².